The van der Waals surface area contributed by atoms with Gasteiger partial charge < -0.3 is 24.6 Å². The molecule has 0 aromatic heterocycles. The Bertz CT molecular complexity index is 709. The van der Waals surface area contributed by atoms with Gasteiger partial charge in [-0.2, -0.15) is 0 Å². The summed E-state index contributed by atoms with van der Waals surface area (Å²) in [6.07, 6.45) is 3.02. The molecular formula is C22H34N4O3. The number of likely N-dealkylation sites (tertiary alicyclic amines) is 1. The zero-order valence-electron chi connectivity index (χ0n) is 17.9. The van der Waals surface area contributed by atoms with E-state index < -0.39 is 0 Å². The number of esters is 1. The highest BCUT2D eigenvalue weighted by molar-refractivity contribution is 5.81. The summed E-state index contributed by atoms with van der Waals surface area (Å²) in [5.41, 5.74) is 1.21. The van der Waals surface area contributed by atoms with Crippen LogP contribution in [-0.2, 0) is 9.53 Å². The summed E-state index contributed by atoms with van der Waals surface area (Å²) >= 11 is 0. The number of hydrogen-bond donors (Lipinski definition) is 1. The van der Waals surface area contributed by atoms with Crippen molar-refractivity contribution in [3.05, 3.63) is 24.3 Å². The van der Waals surface area contributed by atoms with E-state index in [0.29, 0.717) is 19.1 Å². The maximum Gasteiger partial charge on any atom is 0.310 e. The lowest BCUT2D eigenvalue weighted by Gasteiger charge is -2.34. The molecule has 3 rings (SSSR count). The second kappa shape index (κ2) is 10.4. The number of carbonyl (C=O) groups excluding carboxylic acids is 1. The van der Waals surface area contributed by atoms with Crippen LogP contribution in [0.5, 0.6) is 5.75 Å². The lowest BCUT2D eigenvalue weighted by Crippen LogP contribution is -2.49. The molecule has 2 heterocycles. The molecule has 0 bridgehead atoms. The smallest absolute Gasteiger partial charge is 0.310 e. The molecule has 2 fully saturated rings. The summed E-state index contributed by atoms with van der Waals surface area (Å²) in [5, 5.41) is 3.54. The highest BCUT2D eigenvalue weighted by Gasteiger charge is 2.29. The van der Waals surface area contributed by atoms with Crippen LogP contribution in [0.15, 0.2) is 29.3 Å². The van der Waals surface area contributed by atoms with Gasteiger partial charge in [0.15, 0.2) is 5.96 Å². The van der Waals surface area contributed by atoms with Gasteiger partial charge in [0.25, 0.3) is 0 Å². The van der Waals surface area contributed by atoms with Crippen molar-refractivity contribution < 1.29 is 14.3 Å². The van der Waals surface area contributed by atoms with Crippen LogP contribution in [0.4, 0.5) is 5.69 Å². The second-order valence-electron chi connectivity index (χ2n) is 7.77. The fourth-order valence-electron chi connectivity index (χ4n) is 4.23. The Hall–Kier alpha value is -2.44. The third-order valence-corrected chi connectivity index (χ3v) is 5.81. The number of piperidine rings is 1. The fraction of sp³-hybridized carbons (Fsp3) is 0.636. The molecule has 1 aromatic carbocycles. The van der Waals surface area contributed by atoms with E-state index in [4.69, 9.17) is 9.47 Å². The summed E-state index contributed by atoms with van der Waals surface area (Å²) < 4.78 is 10.6. The third-order valence-electron chi connectivity index (χ3n) is 5.81. The fourth-order valence-corrected chi connectivity index (χ4v) is 4.23. The molecule has 0 aliphatic carbocycles. The van der Waals surface area contributed by atoms with Crippen LogP contribution in [0.2, 0.25) is 0 Å². The molecule has 7 nitrogen and oxygen atoms in total. The van der Waals surface area contributed by atoms with Gasteiger partial charge >= 0.3 is 5.97 Å². The molecule has 0 spiro atoms. The van der Waals surface area contributed by atoms with Crippen molar-refractivity contribution in [2.75, 3.05) is 58.4 Å². The monoisotopic (exact) mass is 402 g/mol. The van der Waals surface area contributed by atoms with Crippen LogP contribution >= 0.6 is 0 Å². The first kappa shape index (κ1) is 21.3. The lowest BCUT2D eigenvalue weighted by molar-refractivity contribution is -0.149. The number of anilines is 1. The van der Waals surface area contributed by atoms with Gasteiger partial charge in [0, 0.05) is 51.5 Å². The molecule has 1 aromatic rings. The Kier molecular flexibility index (Phi) is 7.61. The van der Waals surface area contributed by atoms with Crippen LogP contribution in [0.1, 0.15) is 26.2 Å². The normalized spacial score (nSPS) is 22.5. The maximum atomic E-state index is 12.1. The number of carbonyl (C=O) groups is 1. The molecule has 2 saturated heterocycles. The van der Waals surface area contributed by atoms with E-state index in [1.807, 2.05) is 26.1 Å². The van der Waals surface area contributed by atoms with E-state index in [1.54, 1.807) is 7.11 Å². The lowest BCUT2D eigenvalue weighted by atomic mass is 9.98. The molecule has 29 heavy (non-hydrogen) atoms. The van der Waals surface area contributed by atoms with E-state index in [-0.39, 0.29) is 11.9 Å². The van der Waals surface area contributed by atoms with Crippen molar-refractivity contribution in [3.63, 3.8) is 0 Å². The number of methoxy groups -OCH3 is 1. The molecule has 0 radical (unpaired) electrons. The Balaban J connectivity index is 1.50. The Morgan fingerprint density at radius 1 is 1.28 bits per heavy atom. The van der Waals surface area contributed by atoms with Crippen molar-refractivity contribution >= 4 is 17.6 Å². The van der Waals surface area contributed by atoms with Gasteiger partial charge in [0.1, 0.15) is 5.75 Å². The van der Waals surface area contributed by atoms with Crippen LogP contribution in [0.3, 0.4) is 0 Å². The minimum Gasteiger partial charge on any atom is -0.497 e. The van der Waals surface area contributed by atoms with Crippen molar-refractivity contribution in [2.45, 2.75) is 26.2 Å². The molecule has 0 saturated carbocycles. The molecule has 2 aliphatic heterocycles. The Labute approximate surface area is 174 Å². The molecule has 2 atom stereocenters. The summed E-state index contributed by atoms with van der Waals surface area (Å²) in [6.45, 7) is 6.85. The van der Waals surface area contributed by atoms with Gasteiger partial charge in [0.05, 0.1) is 19.6 Å². The summed E-state index contributed by atoms with van der Waals surface area (Å²) in [4.78, 5) is 21.2. The van der Waals surface area contributed by atoms with E-state index in [0.717, 1.165) is 57.2 Å². The molecule has 1 N–H and O–H groups in total. The first-order chi connectivity index (χ1) is 14.1. The zero-order chi connectivity index (χ0) is 20.6. The van der Waals surface area contributed by atoms with Crippen molar-refractivity contribution in [2.24, 2.45) is 16.8 Å². The predicted molar refractivity (Wildman–Crippen MR) is 116 cm³/mol. The number of nitrogens with zero attached hydrogens (tertiary/aromatic N) is 3. The van der Waals surface area contributed by atoms with Crippen LogP contribution < -0.4 is 15.0 Å². The zero-order valence-corrected chi connectivity index (χ0v) is 17.9. The van der Waals surface area contributed by atoms with E-state index in [1.165, 1.54) is 5.69 Å². The molecule has 2 unspecified atom stereocenters. The third kappa shape index (κ3) is 5.55. The number of guanidine groups is 1. The number of hydrogen-bond acceptors (Lipinski definition) is 5. The molecule has 0 amide bonds. The number of benzene rings is 1. The summed E-state index contributed by atoms with van der Waals surface area (Å²) in [7, 11) is 3.52. The van der Waals surface area contributed by atoms with Gasteiger partial charge in [0.2, 0.25) is 0 Å². The highest BCUT2D eigenvalue weighted by atomic mass is 16.5. The first-order valence-corrected chi connectivity index (χ1v) is 10.7. The second-order valence-corrected chi connectivity index (χ2v) is 7.77. The van der Waals surface area contributed by atoms with Gasteiger partial charge in [-0.1, -0.05) is 6.07 Å². The first-order valence-electron chi connectivity index (χ1n) is 10.7. The van der Waals surface area contributed by atoms with Gasteiger partial charge in [-0.3, -0.25) is 9.79 Å². The van der Waals surface area contributed by atoms with E-state index in [9.17, 15) is 4.79 Å². The van der Waals surface area contributed by atoms with Gasteiger partial charge in [-0.25, -0.2) is 0 Å². The molecule has 2 aliphatic rings. The van der Waals surface area contributed by atoms with Crippen LogP contribution in [0, 0.1) is 11.8 Å². The van der Waals surface area contributed by atoms with Crippen molar-refractivity contribution in [1.82, 2.24) is 10.2 Å². The molecule has 160 valence electrons. The number of rotatable bonds is 6. The van der Waals surface area contributed by atoms with Crippen molar-refractivity contribution in [1.29, 1.82) is 0 Å². The number of nitrogens with one attached hydrogen (secondary N) is 1. The van der Waals surface area contributed by atoms with Gasteiger partial charge in [-0.05, 0) is 44.2 Å². The minimum atomic E-state index is -0.0858. The Morgan fingerprint density at radius 3 is 2.90 bits per heavy atom. The van der Waals surface area contributed by atoms with Crippen LogP contribution in [0.25, 0.3) is 0 Å². The highest BCUT2D eigenvalue weighted by Crippen LogP contribution is 2.26. The average molecular weight is 403 g/mol. The SMILES string of the molecule is CCOC(=O)C1CCCN(C(=NC)NCC2CCN(c3cccc(OC)c3)C2)C1. The number of ether oxygens (including phenoxy) is 2. The average Bonchev–Trinajstić information content (AvgIpc) is 3.24. The van der Waals surface area contributed by atoms with E-state index >= 15 is 0 Å². The predicted octanol–water partition coefficient (Wildman–Crippen LogP) is 2.37. The van der Waals surface area contributed by atoms with E-state index in [2.05, 4.69) is 32.2 Å². The van der Waals surface area contributed by atoms with Gasteiger partial charge in [-0.15, -0.1) is 0 Å². The quantitative estimate of drug-likeness (QED) is 0.448. The topological polar surface area (TPSA) is 66.4 Å². The largest absolute Gasteiger partial charge is 0.497 e. The van der Waals surface area contributed by atoms with Crippen LogP contribution in [-0.4, -0.2) is 70.3 Å². The number of aliphatic imine (C=N–C) groups is 1. The Morgan fingerprint density at radius 2 is 2.14 bits per heavy atom. The maximum absolute atomic E-state index is 12.1. The molecular weight excluding hydrogens is 368 g/mol. The summed E-state index contributed by atoms with van der Waals surface area (Å²) in [6, 6.07) is 8.25. The molecule has 7 heteroatoms. The minimum absolute atomic E-state index is 0.0581. The summed E-state index contributed by atoms with van der Waals surface area (Å²) in [5.74, 6) is 2.20. The standard InChI is InChI=1S/C22H34N4O3/c1-4-29-21(27)18-7-6-11-26(16-18)22(23-2)24-14-17-10-12-25(15-17)19-8-5-9-20(13-19)28-3/h5,8-9,13,17-18H,4,6-7,10-12,14-16H2,1-3H3,(H,23,24). The van der Waals surface area contributed by atoms with Crippen molar-refractivity contribution in [3.8, 4) is 5.75 Å².